The maximum absolute atomic E-state index is 5.62. The number of hydrogen-bond donors (Lipinski definition) is 0. The second-order valence-corrected chi connectivity index (χ2v) is 5.44. The highest BCUT2D eigenvalue weighted by atomic mass is 16.5. The van der Waals surface area contributed by atoms with Crippen LogP contribution in [0, 0.1) is 0 Å². The highest BCUT2D eigenvalue weighted by molar-refractivity contribution is 5.70. The Balaban J connectivity index is 2.32. The molecular formula is C18H25N3O. The molecule has 0 atom stereocenters. The molecule has 1 heterocycles. The van der Waals surface area contributed by atoms with Gasteiger partial charge in [0.2, 0.25) is 0 Å². The molecule has 0 N–H and O–H groups in total. The van der Waals surface area contributed by atoms with Crippen LogP contribution < -0.4 is 4.74 Å². The molecule has 0 aliphatic rings. The lowest BCUT2D eigenvalue weighted by molar-refractivity contribution is 0.401. The van der Waals surface area contributed by atoms with E-state index in [9.17, 15) is 0 Å². The summed E-state index contributed by atoms with van der Waals surface area (Å²) in [6, 6.07) is 8.27. The number of unbranched alkanes of at least 4 members (excludes halogenated alkanes) is 3. The largest absolute Gasteiger partial charge is 0.492 e. The van der Waals surface area contributed by atoms with Crippen LogP contribution in [0.4, 0.5) is 0 Å². The number of methoxy groups -OCH3 is 1. The van der Waals surface area contributed by atoms with Gasteiger partial charge in [-0.3, -0.25) is 0 Å². The van der Waals surface area contributed by atoms with E-state index in [0.29, 0.717) is 0 Å². The van der Waals surface area contributed by atoms with Gasteiger partial charge in [-0.1, -0.05) is 57.4 Å². The molecule has 0 aliphatic carbocycles. The maximum atomic E-state index is 5.62. The molecule has 4 nitrogen and oxygen atoms in total. The standard InChI is InChI=1S/C18H25N3O/c1-4-6-7-8-13-16-18(22-3)17(20-21-19-16)15-12-10-9-11-14(15)5-2/h9-12H,4-8,13H2,1-3H3. The first-order valence-corrected chi connectivity index (χ1v) is 8.16. The van der Waals surface area contributed by atoms with Crippen molar-refractivity contribution in [3.05, 3.63) is 35.5 Å². The van der Waals surface area contributed by atoms with Crippen LogP contribution in [0.2, 0.25) is 0 Å². The summed E-state index contributed by atoms with van der Waals surface area (Å²) in [4.78, 5) is 0. The Labute approximate surface area is 132 Å². The fourth-order valence-electron chi connectivity index (χ4n) is 2.68. The van der Waals surface area contributed by atoms with Crippen molar-refractivity contribution in [3.8, 4) is 17.0 Å². The van der Waals surface area contributed by atoms with E-state index >= 15 is 0 Å². The Hall–Kier alpha value is -1.97. The summed E-state index contributed by atoms with van der Waals surface area (Å²) in [5, 5.41) is 12.4. The number of ether oxygens (including phenoxy) is 1. The van der Waals surface area contributed by atoms with E-state index in [4.69, 9.17) is 4.74 Å². The Kier molecular flexibility index (Phi) is 6.31. The average molecular weight is 299 g/mol. The summed E-state index contributed by atoms with van der Waals surface area (Å²) in [5.74, 6) is 0.771. The molecule has 0 radical (unpaired) electrons. The highest BCUT2D eigenvalue weighted by Gasteiger charge is 2.16. The zero-order valence-corrected chi connectivity index (χ0v) is 13.8. The van der Waals surface area contributed by atoms with Gasteiger partial charge in [-0.15, -0.1) is 10.2 Å². The number of aryl methyl sites for hydroxylation is 2. The lowest BCUT2D eigenvalue weighted by Gasteiger charge is -2.13. The lowest BCUT2D eigenvalue weighted by Crippen LogP contribution is -2.04. The Morgan fingerprint density at radius 1 is 1.00 bits per heavy atom. The van der Waals surface area contributed by atoms with Crippen molar-refractivity contribution in [1.29, 1.82) is 0 Å². The summed E-state index contributed by atoms with van der Waals surface area (Å²) in [6.45, 7) is 4.36. The van der Waals surface area contributed by atoms with Crippen molar-refractivity contribution in [1.82, 2.24) is 15.4 Å². The van der Waals surface area contributed by atoms with Gasteiger partial charge < -0.3 is 4.74 Å². The Bertz CT molecular complexity index is 599. The molecular weight excluding hydrogens is 274 g/mol. The van der Waals surface area contributed by atoms with Gasteiger partial charge in [-0.25, -0.2) is 0 Å². The Morgan fingerprint density at radius 3 is 2.55 bits per heavy atom. The third-order valence-electron chi connectivity index (χ3n) is 3.91. The number of nitrogens with zero attached hydrogens (tertiary/aromatic N) is 3. The van der Waals surface area contributed by atoms with Gasteiger partial charge in [0.15, 0.2) is 5.75 Å². The van der Waals surface area contributed by atoms with Gasteiger partial charge in [0.1, 0.15) is 11.4 Å². The lowest BCUT2D eigenvalue weighted by atomic mass is 10.0. The van der Waals surface area contributed by atoms with Crippen molar-refractivity contribution >= 4 is 0 Å². The zero-order chi connectivity index (χ0) is 15.8. The molecule has 118 valence electrons. The monoisotopic (exact) mass is 299 g/mol. The minimum atomic E-state index is 0.771. The van der Waals surface area contributed by atoms with Gasteiger partial charge in [0, 0.05) is 5.56 Å². The van der Waals surface area contributed by atoms with Crippen LogP contribution in [-0.2, 0) is 12.8 Å². The fourth-order valence-corrected chi connectivity index (χ4v) is 2.68. The average Bonchev–Trinajstić information content (AvgIpc) is 2.58. The van der Waals surface area contributed by atoms with Crippen LogP contribution in [0.25, 0.3) is 11.3 Å². The molecule has 0 unspecified atom stereocenters. The predicted octanol–water partition coefficient (Wildman–Crippen LogP) is 4.23. The van der Waals surface area contributed by atoms with E-state index in [0.717, 1.165) is 42.0 Å². The van der Waals surface area contributed by atoms with Crippen LogP contribution in [0.1, 0.15) is 50.8 Å². The van der Waals surface area contributed by atoms with Crippen molar-refractivity contribution in [2.24, 2.45) is 0 Å². The van der Waals surface area contributed by atoms with Crippen molar-refractivity contribution in [3.63, 3.8) is 0 Å². The SMILES string of the molecule is CCCCCCc1nnnc(-c2ccccc2CC)c1OC. The molecule has 2 rings (SSSR count). The predicted molar refractivity (Wildman–Crippen MR) is 89.0 cm³/mol. The first kappa shape index (κ1) is 16.4. The van der Waals surface area contributed by atoms with Crippen LogP contribution in [0.5, 0.6) is 5.75 Å². The highest BCUT2D eigenvalue weighted by Crippen LogP contribution is 2.32. The molecule has 0 saturated heterocycles. The molecule has 0 saturated carbocycles. The molecule has 0 fully saturated rings. The first-order valence-electron chi connectivity index (χ1n) is 8.16. The van der Waals surface area contributed by atoms with Crippen molar-refractivity contribution in [2.45, 2.75) is 52.4 Å². The molecule has 0 amide bonds. The minimum Gasteiger partial charge on any atom is -0.492 e. The molecule has 0 spiro atoms. The molecule has 2 aromatic rings. The smallest absolute Gasteiger partial charge is 0.170 e. The summed E-state index contributed by atoms with van der Waals surface area (Å²) in [6.07, 6.45) is 6.65. The van der Waals surface area contributed by atoms with E-state index in [1.165, 1.54) is 24.8 Å². The topological polar surface area (TPSA) is 47.9 Å². The second kappa shape index (κ2) is 8.47. The molecule has 0 aliphatic heterocycles. The minimum absolute atomic E-state index is 0.771. The van der Waals surface area contributed by atoms with Gasteiger partial charge >= 0.3 is 0 Å². The van der Waals surface area contributed by atoms with Gasteiger partial charge in [0.25, 0.3) is 0 Å². The van der Waals surface area contributed by atoms with E-state index < -0.39 is 0 Å². The van der Waals surface area contributed by atoms with E-state index in [2.05, 4.69) is 47.5 Å². The Morgan fingerprint density at radius 2 is 1.82 bits per heavy atom. The normalized spacial score (nSPS) is 10.7. The first-order chi connectivity index (χ1) is 10.8. The van der Waals surface area contributed by atoms with E-state index in [-0.39, 0.29) is 0 Å². The number of rotatable bonds is 8. The van der Waals surface area contributed by atoms with Crippen LogP contribution in [0.15, 0.2) is 24.3 Å². The van der Waals surface area contributed by atoms with Crippen LogP contribution in [0.3, 0.4) is 0 Å². The summed E-state index contributed by atoms with van der Waals surface area (Å²) in [7, 11) is 1.69. The van der Waals surface area contributed by atoms with Crippen molar-refractivity contribution < 1.29 is 4.74 Å². The van der Waals surface area contributed by atoms with E-state index in [1.807, 2.05) is 6.07 Å². The molecule has 4 heteroatoms. The zero-order valence-electron chi connectivity index (χ0n) is 13.8. The van der Waals surface area contributed by atoms with Crippen LogP contribution >= 0.6 is 0 Å². The van der Waals surface area contributed by atoms with Gasteiger partial charge in [0.05, 0.1) is 7.11 Å². The van der Waals surface area contributed by atoms with Crippen molar-refractivity contribution in [2.75, 3.05) is 7.11 Å². The molecule has 0 bridgehead atoms. The van der Waals surface area contributed by atoms with Crippen LogP contribution in [-0.4, -0.2) is 22.5 Å². The third-order valence-corrected chi connectivity index (χ3v) is 3.91. The third kappa shape index (κ3) is 3.81. The molecule has 22 heavy (non-hydrogen) atoms. The fraction of sp³-hybridized carbons (Fsp3) is 0.500. The number of benzene rings is 1. The maximum Gasteiger partial charge on any atom is 0.170 e. The molecule has 1 aromatic heterocycles. The summed E-state index contributed by atoms with van der Waals surface area (Å²) in [5.41, 5.74) is 4.06. The molecule has 1 aromatic carbocycles. The van der Waals surface area contributed by atoms with E-state index in [1.54, 1.807) is 7.11 Å². The number of aromatic nitrogens is 3. The second-order valence-electron chi connectivity index (χ2n) is 5.44. The quantitative estimate of drug-likeness (QED) is 0.684. The number of hydrogen-bond acceptors (Lipinski definition) is 4. The summed E-state index contributed by atoms with van der Waals surface area (Å²) < 4.78 is 5.62. The summed E-state index contributed by atoms with van der Waals surface area (Å²) >= 11 is 0. The van der Waals surface area contributed by atoms with Gasteiger partial charge in [-0.05, 0) is 30.0 Å². The van der Waals surface area contributed by atoms with Gasteiger partial charge in [-0.2, -0.15) is 0 Å².